The van der Waals surface area contributed by atoms with Gasteiger partial charge in [-0.15, -0.1) is 0 Å². The summed E-state index contributed by atoms with van der Waals surface area (Å²) >= 11 is 3.26. The van der Waals surface area contributed by atoms with E-state index in [0.29, 0.717) is 29.5 Å². The Balaban J connectivity index is 1.86. The summed E-state index contributed by atoms with van der Waals surface area (Å²) in [5, 5.41) is 5.79. The summed E-state index contributed by atoms with van der Waals surface area (Å²) < 4.78 is 14.4. The van der Waals surface area contributed by atoms with Gasteiger partial charge in [0, 0.05) is 16.6 Å². The predicted molar refractivity (Wildman–Crippen MR) is 73.4 cm³/mol. The van der Waals surface area contributed by atoms with Crippen LogP contribution in [0.2, 0.25) is 0 Å². The average molecular weight is 342 g/mol. The number of urea groups is 1. The van der Waals surface area contributed by atoms with Gasteiger partial charge in [-0.1, -0.05) is 15.9 Å². The van der Waals surface area contributed by atoms with Crippen LogP contribution in [0.3, 0.4) is 0 Å². The molecule has 3 rings (SSSR count). The van der Waals surface area contributed by atoms with E-state index in [2.05, 4.69) is 26.6 Å². The third-order valence-electron chi connectivity index (χ3n) is 3.74. The first-order chi connectivity index (χ1) is 9.52. The fraction of sp³-hybridized carbons (Fsp3) is 0.385. The molecule has 2 saturated heterocycles. The van der Waals surface area contributed by atoms with E-state index in [9.17, 15) is 14.0 Å². The zero-order valence-corrected chi connectivity index (χ0v) is 12.2. The van der Waals surface area contributed by atoms with Crippen molar-refractivity contribution in [3.05, 3.63) is 34.1 Å². The van der Waals surface area contributed by atoms with Crippen molar-refractivity contribution in [2.45, 2.75) is 18.5 Å². The second-order valence-corrected chi connectivity index (χ2v) is 5.98. The van der Waals surface area contributed by atoms with Crippen molar-refractivity contribution in [2.24, 2.45) is 0 Å². The van der Waals surface area contributed by atoms with E-state index in [4.69, 9.17) is 0 Å². The molecule has 1 spiro atoms. The van der Waals surface area contributed by atoms with E-state index in [0.717, 1.165) is 4.90 Å². The number of nitrogens with zero attached hydrogens (tertiary/aromatic N) is 1. The first-order valence-corrected chi connectivity index (χ1v) is 7.10. The average Bonchev–Trinajstić information content (AvgIpc) is 2.96. The molecule has 2 N–H and O–H groups in total. The molecule has 20 heavy (non-hydrogen) atoms. The first kappa shape index (κ1) is 13.5. The number of rotatable bonds is 2. The summed E-state index contributed by atoms with van der Waals surface area (Å²) in [6.07, 6.45) is 0.565. The molecule has 0 bridgehead atoms. The monoisotopic (exact) mass is 341 g/mol. The fourth-order valence-corrected chi connectivity index (χ4v) is 3.04. The summed E-state index contributed by atoms with van der Waals surface area (Å²) in [5.74, 6) is -0.717. The van der Waals surface area contributed by atoms with Crippen LogP contribution in [0.5, 0.6) is 0 Å². The van der Waals surface area contributed by atoms with Crippen LogP contribution in [-0.2, 0) is 11.3 Å². The van der Waals surface area contributed by atoms with Gasteiger partial charge in [0.15, 0.2) is 0 Å². The van der Waals surface area contributed by atoms with E-state index >= 15 is 0 Å². The van der Waals surface area contributed by atoms with Crippen LogP contribution in [0.4, 0.5) is 9.18 Å². The van der Waals surface area contributed by atoms with Crippen LogP contribution >= 0.6 is 15.9 Å². The third kappa shape index (κ3) is 2.10. The first-order valence-electron chi connectivity index (χ1n) is 6.31. The quantitative estimate of drug-likeness (QED) is 0.799. The highest BCUT2D eigenvalue weighted by molar-refractivity contribution is 9.10. The number of benzene rings is 1. The van der Waals surface area contributed by atoms with E-state index in [1.54, 1.807) is 12.1 Å². The Labute approximate surface area is 123 Å². The molecule has 2 fully saturated rings. The molecule has 0 aromatic heterocycles. The molecule has 2 aliphatic heterocycles. The zero-order valence-electron chi connectivity index (χ0n) is 10.6. The van der Waals surface area contributed by atoms with Gasteiger partial charge in [0.25, 0.3) is 5.91 Å². The highest BCUT2D eigenvalue weighted by atomic mass is 79.9. The van der Waals surface area contributed by atoms with Crippen molar-refractivity contribution in [3.8, 4) is 0 Å². The number of nitrogens with one attached hydrogen (secondary N) is 2. The van der Waals surface area contributed by atoms with E-state index < -0.39 is 17.4 Å². The van der Waals surface area contributed by atoms with E-state index in [1.165, 1.54) is 6.07 Å². The molecule has 1 atom stereocenters. The van der Waals surface area contributed by atoms with Crippen molar-refractivity contribution < 1.29 is 14.0 Å². The summed E-state index contributed by atoms with van der Waals surface area (Å²) in [6.45, 7) is 1.05. The number of carbonyl (C=O) groups is 2. The van der Waals surface area contributed by atoms with E-state index in [1.807, 2.05) is 0 Å². The lowest BCUT2D eigenvalue weighted by molar-refractivity contribution is -0.131. The van der Waals surface area contributed by atoms with Gasteiger partial charge in [-0.3, -0.25) is 9.69 Å². The summed E-state index contributed by atoms with van der Waals surface area (Å²) in [4.78, 5) is 25.5. The SMILES string of the molecule is O=C1NC2(CCNC2)C(=O)N1Cc1cc(Br)ccc1F. The number of hydrogen-bond acceptors (Lipinski definition) is 3. The number of amides is 3. The van der Waals surface area contributed by atoms with Crippen molar-refractivity contribution in [2.75, 3.05) is 13.1 Å². The number of hydrogen-bond donors (Lipinski definition) is 2. The molecule has 1 aromatic rings. The lowest BCUT2D eigenvalue weighted by Gasteiger charge is -2.19. The fourth-order valence-electron chi connectivity index (χ4n) is 2.64. The minimum absolute atomic E-state index is 0.0578. The normalized spacial score (nSPS) is 25.6. The Bertz CT molecular complexity index is 587. The Kier molecular flexibility index (Phi) is 3.25. The van der Waals surface area contributed by atoms with Gasteiger partial charge in [-0.2, -0.15) is 0 Å². The van der Waals surface area contributed by atoms with Crippen LogP contribution in [-0.4, -0.2) is 35.5 Å². The maximum Gasteiger partial charge on any atom is 0.325 e. The molecule has 7 heteroatoms. The Morgan fingerprint density at radius 2 is 2.20 bits per heavy atom. The molecule has 2 heterocycles. The second-order valence-electron chi connectivity index (χ2n) is 5.07. The lowest BCUT2D eigenvalue weighted by atomic mass is 9.99. The number of halogens is 2. The molecule has 2 aliphatic rings. The maximum absolute atomic E-state index is 13.7. The highest BCUT2D eigenvalue weighted by Crippen LogP contribution is 2.26. The Morgan fingerprint density at radius 3 is 2.90 bits per heavy atom. The van der Waals surface area contributed by atoms with Crippen LogP contribution < -0.4 is 10.6 Å². The molecule has 1 unspecified atom stereocenters. The molecule has 3 amide bonds. The van der Waals surface area contributed by atoms with Gasteiger partial charge in [0.1, 0.15) is 11.4 Å². The predicted octanol–water partition coefficient (Wildman–Crippen LogP) is 1.37. The maximum atomic E-state index is 13.7. The van der Waals surface area contributed by atoms with Crippen LogP contribution in [0, 0.1) is 5.82 Å². The van der Waals surface area contributed by atoms with Gasteiger partial charge < -0.3 is 10.6 Å². The van der Waals surface area contributed by atoms with Crippen LogP contribution in [0.15, 0.2) is 22.7 Å². The summed E-state index contributed by atoms with van der Waals surface area (Å²) in [5.41, 5.74) is -0.537. The van der Waals surface area contributed by atoms with Gasteiger partial charge in [-0.05, 0) is 31.2 Å². The van der Waals surface area contributed by atoms with Crippen LogP contribution in [0.25, 0.3) is 0 Å². The minimum atomic E-state index is -0.848. The van der Waals surface area contributed by atoms with Crippen molar-refractivity contribution in [1.82, 2.24) is 15.5 Å². The molecule has 1 aromatic carbocycles. The molecule has 0 radical (unpaired) electrons. The molecule has 5 nitrogen and oxygen atoms in total. The summed E-state index contributed by atoms with van der Waals surface area (Å²) in [7, 11) is 0. The zero-order chi connectivity index (χ0) is 14.3. The van der Waals surface area contributed by atoms with Gasteiger partial charge >= 0.3 is 6.03 Å². The number of carbonyl (C=O) groups excluding carboxylic acids is 2. The molecule has 0 aliphatic carbocycles. The standard InChI is InChI=1S/C13H13BrFN3O2/c14-9-1-2-10(15)8(5-9)6-18-11(19)13(17-12(18)20)3-4-16-7-13/h1-2,5,16H,3-4,6-7H2,(H,17,20). The minimum Gasteiger partial charge on any atom is -0.322 e. The smallest absolute Gasteiger partial charge is 0.322 e. The summed E-state index contributed by atoms with van der Waals surface area (Å²) in [6, 6.07) is 4.00. The molecule has 0 saturated carbocycles. The highest BCUT2D eigenvalue weighted by Gasteiger charge is 2.52. The third-order valence-corrected chi connectivity index (χ3v) is 4.23. The van der Waals surface area contributed by atoms with Crippen molar-refractivity contribution >= 4 is 27.9 Å². The van der Waals surface area contributed by atoms with E-state index in [-0.39, 0.29) is 12.5 Å². The van der Waals surface area contributed by atoms with Gasteiger partial charge in [0.05, 0.1) is 6.54 Å². The molecular weight excluding hydrogens is 329 g/mol. The number of imide groups is 1. The van der Waals surface area contributed by atoms with Crippen molar-refractivity contribution in [3.63, 3.8) is 0 Å². The van der Waals surface area contributed by atoms with Crippen molar-refractivity contribution in [1.29, 1.82) is 0 Å². The van der Waals surface area contributed by atoms with Gasteiger partial charge in [-0.25, -0.2) is 9.18 Å². The Hall–Kier alpha value is -1.47. The molecular formula is C13H13BrFN3O2. The molecule has 106 valence electrons. The van der Waals surface area contributed by atoms with Crippen LogP contribution in [0.1, 0.15) is 12.0 Å². The largest absolute Gasteiger partial charge is 0.325 e. The topological polar surface area (TPSA) is 61.4 Å². The lowest BCUT2D eigenvalue weighted by Crippen LogP contribution is -2.48. The second kappa shape index (κ2) is 4.82. The Morgan fingerprint density at radius 1 is 1.40 bits per heavy atom. The van der Waals surface area contributed by atoms with Gasteiger partial charge in [0.2, 0.25) is 0 Å².